The van der Waals surface area contributed by atoms with E-state index in [1.807, 2.05) is 6.92 Å². The number of nitrogen functional groups attached to an aromatic ring is 1. The second-order valence-electron chi connectivity index (χ2n) is 4.85. The zero-order chi connectivity index (χ0) is 16.2. The van der Waals surface area contributed by atoms with Crippen LogP contribution in [0.4, 0.5) is 5.82 Å². The van der Waals surface area contributed by atoms with Gasteiger partial charge in [0.2, 0.25) is 0 Å². The number of halogens is 2. The number of hydrogen-bond acceptors (Lipinski definition) is 4. The number of nitrogens with zero attached hydrogens (tertiary/aromatic N) is 1. The van der Waals surface area contributed by atoms with Crippen LogP contribution in [-0.2, 0) is 0 Å². The number of hydrogen-bond donors (Lipinski definition) is 2. The van der Waals surface area contributed by atoms with E-state index in [1.165, 1.54) is 0 Å². The fraction of sp³-hybridized carbons (Fsp3) is 0.0714. The number of carbonyl (C=O) groups excluding carboxylic acids is 2. The third-order valence-corrected chi connectivity index (χ3v) is 4.23. The Morgan fingerprint density at radius 2 is 1.86 bits per heavy atom. The highest BCUT2D eigenvalue weighted by atomic mass is 79.9. The zero-order valence-corrected chi connectivity index (χ0v) is 13.6. The fourth-order valence-corrected chi connectivity index (χ4v) is 3.64. The quantitative estimate of drug-likeness (QED) is 0.738. The summed E-state index contributed by atoms with van der Waals surface area (Å²) in [5.41, 5.74) is 6.59. The van der Waals surface area contributed by atoms with Crippen LogP contribution in [0.15, 0.2) is 27.5 Å². The van der Waals surface area contributed by atoms with Gasteiger partial charge in [0.15, 0.2) is 0 Å². The lowest BCUT2D eigenvalue weighted by Crippen LogP contribution is -2.24. The van der Waals surface area contributed by atoms with E-state index in [0.29, 0.717) is 15.2 Å². The smallest absolute Gasteiger partial charge is 0.262 e. The number of nitrogens with two attached hydrogens (primary N) is 1. The molecule has 0 spiro atoms. The normalized spacial score (nSPS) is 13.2. The molecule has 6 nitrogen and oxygen atoms in total. The highest BCUT2D eigenvalue weighted by Gasteiger charge is 2.32. The molecule has 0 saturated carbocycles. The van der Waals surface area contributed by atoms with Gasteiger partial charge < -0.3 is 5.73 Å². The van der Waals surface area contributed by atoms with Crippen molar-refractivity contribution in [2.75, 3.05) is 5.73 Å². The van der Waals surface area contributed by atoms with Crippen LogP contribution in [0.5, 0.6) is 0 Å². The van der Waals surface area contributed by atoms with Gasteiger partial charge in [-0.05, 0) is 40.5 Å². The van der Waals surface area contributed by atoms with Crippen LogP contribution in [0.1, 0.15) is 26.3 Å². The third kappa shape index (κ3) is 2.05. The molecule has 0 fully saturated rings. The largest absolute Gasteiger partial charge is 0.384 e. The van der Waals surface area contributed by atoms with Gasteiger partial charge in [0.1, 0.15) is 5.82 Å². The van der Waals surface area contributed by atoms with Gasteiger partial charge in [-0.1, -0.05) is 11.6 Å². The van der Waals surface area contributed by atoms with Crippen molar-refractivity contribution in [2.24, 2.45) is 0 Å². The number of aryl methyl sites for hydroxylation is 1. The highest BCUT2D eigenvalue weighted by molar-refractivity contribution is 9.10. The Kier molecular flexibility index (Phi) is 3.34. The van der Waals surface area contributed by atoms with E-state index in [4.69, 9.17) is 17.3 Å². The summed E-state index contributed by atoms with van der Waals surface area (Å²) < 4.78 is 1.67. The average molecular weight is 383 g/mol. The minimum Gasteiger partial charge on any atom is -0.384 e. The van der Waals surface area contributed by atoms with Gasteiger partial charge in [0.25, 0.3) is 17.4 Å². The van der Waals surface area contributed by atoms with Gasteiger partial charge in [0.05, 0.1) is 21.8 Å². The Hall–Kier alpha value is -2.12. The monoisotopic (exact) mass is 381 g/mol. The Morgan fingerprint density at radius 1 is 1.18 bits per heavy atom. The highest BCUT2D eigenvalue weighted by Crippen LogP contribution is 2.32. The van der Waals surface area contributed by atoms with Crippen molar-refractivity contribution in [3.05, 3.63) is 54.7 Å². The number of aromatic nitrogens is 1. The Bertz CT molecular complexity index is 897. The number of anilines is 1. The number of carbonyl (C=O) groups is 2. The summed E-state index contributed by atoms with van der Waals surface area (Å²) in [4.78, 5) is 35.8. The lowest BCUT2D eigenvalue weighted by molar-refractivity contribution is 0.0880. The molecular formula is C14H9BrClN3O3. The summed E-state index contributed by atoms with van der Waals surface area (Å²) >= 11 is 9.56. The zero-order valence-electron chi connectivity index (χ0n) is 11.2. The van der Waals surface area contributed by atoms with Crippen LogP contribution < -0.4 is 16.6 Å². The standard InChI is InChI=1S/C14H9BrClN3O3/c1-5-2-7(15)11(8(16)3-5)19-9(20)4-6-10(12(19)17)14(22)18-13(6)21/h2-4H,17H2,1H3,(H,18,21,22). The predicted molar refractivity (Wildman–Crippen MR) is 85.7 cm³/mol. The molecule has 112 valence electrons. The van der Waals surface area contributed by atoms with Crippen molar-refractivity contribution in [3.63, 3.8) is 0 Å². The molecule has 0 atom stereocenters. The molecule has 3 rings (SSSR count). The molecule has 3 N–H and O–H groups in total. The minimum atomic E-state index is -0.634. The number of nitrogens with one attached hydrogen (secondary N) is 1. The molecule has 0 unspecified atom stereocenters. The number of rotatable bonds is 1. The molecule has 0 aliphatic carbocycles. The van der Waals surface area contributed by atoms with Crippen LogP contribution in [0.25, 0.3) is 5.69 Å². The van der Waals surface area contributed by atoms with E-state index in [1.54, 1.807) is 12.1 Å². The molecular weight excluding hydrogens is 374 g/mol. The van der Waals surface area contributed by atoms with Crippen LogP contribution in [-0.4, -0.2) is 16.4 Å². The molecule has 8 heteroatoms. The SMILES string of the molecule is Cc1cc(Cl)c(-n2c(N)c3c(cc2=O)C(=O)NC3=O)c(Br)c1. The predicted octanol–water partition coefficient (Wildman–Crippen LogP) is 2.03. The molecule has 0 radical (unpaired) electrons. The van der Waals surface area contributed by atoms with Crippen molar-refractivity contribution < 1.29 is 9.59 Å². The number of amides is 2. The number of imide groups is 1. The molecule has 1 aliphatic rings. The topological polar surface area (TPSA) is 94.2 Å². The van der Waals surface area contributed by atoms with Crippen molar-refractivity contribution in [3.8, 4) is 5.69 Å². The lowest BCUT2D eigenvalue weighted by Gasteiger charge is -2.15. The minimum absolute atomic E-state index is 0.0202. The van der Waals surface area contributed by atoms with Crippen LogP contribution in [0.3, 0.4) is 0 Å². The molecule has 1 aromatic heterocycles. The van der Waals surface area contributed by atoms with E-state index < -0.39 is 17.4 Å². The third-order valence-electron chi connectivity index (χ3n) is 3.34. The van der Waals surface area contributed by atoms with Gasteiger partial charge >= 0.3 is 0 Å². The van der Waals surface area contributed by atoms with Crippen molar-refractivity contribution in [1.29, 1.82) is 0 Å². The van der Waals surface area contributed by atoms with Crippen LogP contribution >= 0.6 is 27.5 Å². The van der Waals surface area contributed by atoms with Crippen molar-refractivity contribution >= 4 is 45.2 Å². The number of benzene rings is 1. The van der Waals surface area contributed by atoms with Gasteiger partial charge in [-0.15, -0.1) is 0 Å². The van der Waals surface area contributed by atoms with Gasteiger partial charge in [-0.2, -0.15) is 0 Å². The molecule has 2 aromatic rings. The maximum absolute atomic E-state index is 12.4. The van der Waals surface area contributed by atoms with E-state index in [0.717, 1.165) is 16.2 Å². The van der Waals surface area contributed by atoms with Crippen LogP contribution in [0, 0.1) is 6.92 Å². The Balaban J connectivity index is 2.40. The first-order chi connectivity index (χ1) is 10.3. The number of fused-ring (bicyclic) bond motifs is 1. The summed E-state index contributed by atoms with van der Waals surface area (Å²) in [5, 5.41) is 2.41. The molecule has 1 aliphatic heterocycles. The first-order valence-electron chi connectivity index (χ1n) is 6.18. The van der Waals surface area contributed by atoms with Crippen molar-refractivity contribution in [1.82, 2.24) is 9.88 Å². The van der Waals surface area contributed by atoms with Crippen LogP contribution in [0.2, 0.25) is 5.02 Å². The molecule has 0 saturated heterocycles. The molecule has 1 aromatic carbocycles. The van der Waals surface area contributed by atoms with E-state index in [9.17, 15) is 14.4 Å². The summed E-state index contributed by atoms with van der Waals surface area (Å²) in [5.74, 6) is -1.40. The summed E-state index contributed by atoms with van der Waals surface area (Å²) in [6.45, 7) is 1.85. The molecule has 0 bridgehead atoms. The Morgan fingerprint density at radius 3 is 2.50 bits per heavy atom. The first kappa shape index (κ1) is 14.8. The van der Waals surface area contributed by atoms with Gasteiger partial charge in [-0.25, -0.2) is 0 Å². The maximum Gasteiger partial charge on any atom is 0.262 e. The Labute approximate surface area is 138 Å². The maximum atomic E-state index is 12.4. The summed E-state index contributed by atoms with van der Waals surface area (Å²) in [6.07, 6.45) is 0. The van der Waals surface area contributed by atoms with E-state index >= 15 is 0 Å². The summed E-state index contributed by atoms with van der Waals surface area (Å²) in [6, 6.07) is 4.52. The molecule has 2 heterocycles. The van der Waals surface area contributed by atoms with Crippen molar-refractivity contribution in [2.45, 2.75) is 6.92 Å². The lowest BCUT2D eigenvalue weighted by atomic mass is 10.1. The molecule has 22 heavy (non-hydrogen) atoms. The van der Waals surface area contributed by atoms with Gasteiger partial charge in [-0.3, -0.25) is 24.3 Å². The fourth-order valence-electron chi connectivity index (χ4n) is 2.42. The van der Waals surface area contributed by atoms with E-state index in [2.05, 4.69) is 21.2 Å². The van der Waals surface area contributed by atoms with Gasteiger partial charge in [0, 0.05) is 10.5 Å². The molecule has 2 amide bonds. The average Bonchev–Trinajstić information content (AvgIpc) is 2.67. The second kappa shape index (κ2) is 4.96. The van der Waals surface area contributed by atoms with E-state index in [-0.39, 0.29) is 16.9 Å². The first-order valence-corrected chi connectivity index (χ1v) is 7.35. The number of pyridine rings is 1. The second-order valence-corrected chi connectivity index (χ2v) is 6.11. The summed E-state index contributed by atoms with van der Waals surface area (Å²) in [7, 11) is 0.